The Labute approximate surface area is 123 Å². The van der Waals surface area contributed by atoms with Gasteiger partial charge in [0.25, 0.3) is 5.91 Å². The summed E-state index contributed by atoms with van der Waals surface area (Å²) in [4.78, 5) is 26.5. The Hall–Kier alpha value is -1.36. The molecule has 1 aliphatic carbocycles. The first-order chi connectivity index (χ1) is 9.54. The Morgan fingerprint density at radius 2 is 2.10 bits per heavy atom. The molecule has 0 saturated carbocycles. The minimum Gasteiger partial charge on any atom is -0.481 e. The molecule has 2 rings (SSSR count). The molecule has 1 aliphatic rings. The molecule has 1 amide bonds. The number of carbonyl (C=O) groups excluding carboxylic acids is 1. The van der Waals surface area contributed by atoms with Crippen molar-refractivity contribution in [2.24, 2.45) is 0 Å². The van der Waals surface area contributed by atoms with E-state index in [0.29, 0.717) is 6.54 Å². The molecular weight excluding hydrogens is 274 g/mol. The van der Waals surface area contributed by atoms with E-state index in [-0.39, 0.29) is 18.4 Å². The number of hydrogen-bond acceptors (Lipinski definition) is 3. The molecule has 0 aliphatic heterocycles. The first kappa shape index (κ1) is 15.0. The van der Waals surface area contributed by atoms with E-state index in [0.717, 1.165) is 24.8 Å². The SMILES string of the molecule is CCN(C(=O)c1csc2c1CCCC2)C(C)CC(=O)O. The van der Waals surface area contributed by atoms with Gasteiger partial charge in [-0.1, -0.05) is 0 Å². The number of amides is 1. The Kier molecular flexibility index (Phi) is 4.81. The third-order valence-corrected chi connectivity index (χ3v) is 4.98. The van der Waals surface area contributed by atoms with Gasteiger partial charge >= 0.3 is 5.97 Å². The van der Waals surface area contributed by atoms with Gasteiger partial charge in [-0.3, -0.25) is 9.59 Å². The van der Waals surface area contributed by atoms with Crippen LogP contribution in [0.4, 0.5) is 0 Å². The number of carboxylic acid groups (broad SMARTS) is 1. The second-order valence-electron chi connectivity index (χ2n) is 5.30. The second kappa shape index (κ2) is 6.39. The first-order valence-corrected chi connectivity index (χ1v) is 8.04. The Morgan fingerprint density at radius 1 is 1.40 bits per heavy atom. The van der Waals surface area contributed by atoms with Crippen LogP contribution in [0.3, 0.4) is 0 Å². The zero-order valence-corrected chi connectivity index (χ0v) is 12.8. The molecule has 0 fully saturated rings. The summed E-state index contributed by atoms with van der Waals surface area (Å²) in [6, 6.07) is -0.274. The summed E-state index contributed by atoms with van der Waals surface area (Å²) in [5.41, 5.74) is 2.00. The smallest absolute Gasteiger partial charge is 0.305 e. The van der Waals surface area contributed by atoms with Crippen molar-refractivity contribution in [2.75, 3.05) is 6.54 Å². The van der Waals surface area contributed by atoms with Crippen molar-refractivity contribution in [3.63, 3.8) is 0 Å². The van der Waals surface area contributed by atoms with Crippen LogP contribution in [0.5, 0.6) is 0 Å². The molecule has 20 heavy (non-hydrogen) atoms. The molecule has 0 radical (unpaired) electrons. The lowest BCUT2D eigenvalue weighted by atomic mass is 9.95. The van der Waals surface area contributed by atoms with Gasteiger partial charge in [0.05, 0.1) is 12.0 Å². The summed E-state index contributed by atoms with van der Waals surface area (Å²) < 4.78 is 0. The molecule has 1 heterocycles. The zero-order chi connectivity index (χ0) is 14.7. The number of nitrogens with zero attached hydrogens (tertiary/aromatic N) is 1. The number of rotatable bonds is 5. The summed E-state index contributed by atoms with van der Waals surface area (Å²) >= 11 is 1.67. The number of hydrogen-bond donors (Lipinski definition) is 1. The van der Waals surface area contributed by atoms with E-state index in [1.807, 2.05) is 12.3 Å². The van der Waals surface area contributed by atoms with Crippen LogP contribution in [0.2, 0.25) is 0 Å². The fourth-order valence-corrected chi connectivity index (χ4v) is 3.97. The van der Waals surface area contributed by atoms with E-state index in [1.54, 1.807) is 23.2 Å². The lowest BCUT2D eigenvalue weighted by molar-refractivity contribution is -0.138. The van der Waals surface area contributed by atoms with Crippen molar-refractivity contribution in [3.8, 4) is 0 Å². The third kappa shape index (κ3) is 3.03. The predicted molar refractivity (Wildman–Crippen MR) is 79.4 cm³/mol. The Morgan fingerprint density at radius 3 is 2.75 bits per heavy atom. The summed E-state index contributed by atoms with van der Waals surface area (Å²) in [5.74, 6) is -0.878. The van der Waals surface area contributed by atoms with Crippen LogP contribution in [0.25, 0.3) is 0 Å². The van der Waals surface area contributed by atoms with Crippen LogP contribution >= 0.6 is 11.3 Å². The summed E-state index contributed by atoms with van der Waals surface area (Å²) in [7, 11) is 0. The largest absolute Gasteiger partial charge is 0.481 e. The second-order valence-corrected chi connectivity index (χ2v) is 6.26. The van der Waals surface area contributed by atoms with E-state index in [9.17, 15) is 9.59 Å². The van der Waals surface area contributed by atoms with Crippen molar-refractivity contribution < 1.29 is 14.7 Å². The van der Waals surface area contributed by atoms with Gasteiger partial charge in [-0.05, 0) is 45.1 Å². The highest BCUT2D eigenvalue weighted by Crippen LogP contribution is 2.31. The lowest BCUT2D eigenvalue weighted by Gasteiger charge is -2.27. The summed E-state index contributed by atoms with van der Waals surface area (Å²) in [6.07, 6.45) is 4.38. The molecule has 1 aromatic heterocycles. The molecule has 4 nitrogen and oxygen atoms in total. The van der Waals surface area contributed by atoms with E-state index in [2.05, 4.69) is 0 Å². The average Bonchev–Trinajstić information content (AvgIpc) is 2.82. The van der Waals surface area contributed by atoms with Crippen molar-refractivity contribution in [1.29, 1.82) is 0 Å². The minimum absolute atomic E-state index is 0.00803. The number of carboxylic acids is 1. The molecule has 0 saturated heterocycles. The van der Waals surface area contributed by atoms with Gasteiger partial charge < -0.3 is 10.0 Å². The van der Waals surface area contributed by atoms with Crippen LogP contribution in [0, 0.1) is 0 Å². The molecule has 1 aromatic rings. The number of aliphatic carboxylic acids is 1. The fraction of sp³-hybridized carbons (Fsp3) is 0.600. The van der Waals surface area contributed by atoms with Gasteiger partial charge in [0.2, 0.25) is 0 Å². The van der Waals surface area contributed by atoms with Crippen LogP contribution in [0.1, 0.15) is 53.9 Å². The van der Waals surface area contributed by atoms with Crippen molar-refractivity contribution >= 4 is 23.2 Å². The van der Waals surface area contributed by atoms with E-state index in [1.165, 1.54) is 16.9 Å². The highest BCUT2D eigenvalue weighted by Gasteiger charge is 2.26. The van der Waals surface area contributed by atoms with Crippen LogP contribution in [-0.2, 0) is 17.6 Å². The molecule has 5 heteroatoms. The molecule has 0 aromatic carbocycles. The zero-order valence-electron chi connectivity index (χ0n) is 12.0. The van der Waals surface area contributed by atoms with Crippen molar-refractivity contribution in [3.05, 3.63) is 21.4 Å². The third-order valence-electron chi connectivity index (χ3n) is 3.90. The summed E-state index contributed by atoms with van der Waals surface area (Å²) in [5, 5.41) is 10.8. The fourth-order valence-electron chi connectivity index (χ4n) is 2.85. The molecule has 1 unspecified atom stereocenters. The average molecular weight is 295 g/mol. The highest BCUT2D eigenvalue weighted by atomic mass is 32.1. The van der Waals surface area contributed by atoms with E-state index in [4.69, 9.17) is 5.11 Å². The predicted octanol–water partition coefficient (Wildman–Crippen LogP) is 2.95. The first-order valence-electron chi connectivity index (χ1n) is 7.16. The molecule has 1 N–H and O–H groups in total. The van der Waals surface area contributed by atoms with E-state index < -0.39 is 5.97 Å². The highest BCUT2D eigenvalue weighted by molar-refractivity contribution is 7.10. The Balaban J connectivity index is 2.20. The van der Waals surface area contributed by atoms with Gasteiger partial charge in [0, 0.05) is 22.8 Å². The van der Waals surface area contributed by atoms with Gasteiger partial charge in [-0.15, -0.1) is 11.3 Å². The molecule has 0 bridgehead atoms. The van der Waals surface area contributed by atoms with Crippen molar-refractivity contribution in [1.82, 2.24) is 4.90 Å². The molecule has 0 spiro atoms. The van der Waals surface area contributed by atoms with Gasteiger partial charge in [-0.25, -0.2) is 0 Å². The number of fused-ring (bicyclic) bond motifs is 1. The molecule has 1 atom stereocenters. The maximum atomic E-state index is 12.7. The van der Waals surface area contributed by atoms with E-state index >= 15 is 0 Å². The quantitative estimate of drug-likeness (QED) is 0.908. The maximum Gasteiger partial charge on any atom is 0.305 e. The van der Waals surface area contributed by atoms with Crippen LogP contribution < -0.4 is 0 Å². The standard InChI is InChI=1S/C15H21NO3S/c1-3-16(10(2)8-14(17)18)15(19)12-9-20-13-7-5-4-6-11(12)13/h9-10H,3-8H2,1-2H3,(H,17,18). The minimum atomic E-state index is -0.865. The number of thiophene rings is 1. The number of carbonyl (C=O) groups is 2. The topological polar surface area (TPSA) is 57.6 Å². The molecular formula is C15H21NO3S. The summed E-state index contributed by atoms with van der Waals surface area (Å²) in [6.45, 7) is 4.24. The Bertz CT molecular complexity index is 509. The molecule has 110 valence electrons. The van der Waals surface area contributed by atoms with Gasteiger partial charge in [-0.2, -0.15) is 0 Å². The maximum absolute atomic E-state index is 12.7. The number of aryl methyl sites for hydroxylation is 1. The monoisotopic (exact) mass is 295 g/mol. The van der Waals surface area contributed by atoms with Gasteiger partial charge in [0.1, 0.15) is 0 Å². The van der Waals surface area contributed by atoms with Crippen molar-refractivity contribution in [2.45, 2.75) is 52.0 Å². The van der Waals surface area contributed by atoms with Crippen LogP contribution in [0.15, 0.2) is 5.38 Å². The normalized spacial score (nSPS) is 15.5. The lowest BCUT2D eigenvalue weighted by Crippen LogP contribution is -2.40. The van der Waals surface area contributed by atoms with Crippen LogP contribution in [-0.4, -0.2) is 34.5 Å². The van der Waals surface area contributed by atoms with Gasteiger partial charge in [0.15, 0.2) is 0 Å².